The molecule has 2 aromatic heterocycles. The van der Waals surface area contributed by atoms with Gasteiger partial charge in [-0.3, -0.25) is 9.20 Å². The van der Waals surface area contributed by atoms with Gasteiger partial charge in [0, 0.05) is 30.9 Å². The molecule has 0 atom stereocenters. The Hall–Kier alpha value is -3.36. The normalized spacial score (nSPS) is 18.5. The fraction of sp³-hybridized carbons (Fsp3) is 0.391. The van der Waals surface area contributed by atoms with Crippen LogP contribution in [0.3, 0.4) is 0 Å². The van der Waals surface area contributed by atoms with Gasteiger partial charge in [0.15, 0.2) is 0 Å². The minimum Gasteiger partial charge on any atom is -0.495 e. The lowest BCUT2D eigenvalue weighted by Crippen LogP contribution is -2.40. The number of aromatic nitrogens is 2. The fourth-order valence-electron chi connectivity index (χ4n) is 4.16. The maximum Gasteiger partial charge on any atom is 0.281 e. The first-order valence-electron chi connectivity index (χ1n) is 10.7. The number of carbonyl (C=O) groups excluding carboxylic acids is 1. The molecule has 3 aromatic rings. The summed E-state index contributed by atoms with van der Waals surface area (Å²) in [5, 5.41) is 9.61. The average molecular weight is 443 g/mol. The third kappa shape index (κ3) is 4.61. The molecule has 1 aromatic carbocycles. The highest BCUT2D eigenvalue weighted by Gasteiger charge is 2.24. The lowest BCUT2D eigenvalue weighted by Gasteiger charge is -2.30. The van der Waals surface area contributed by atoms with E-state index in [0.717, 1.165) is 37.2 Å². The monoisotopic (exact) mass is 443 g/mol. The van der Waals surface area contributed by atoms with E-state index < -0.39 is 6.43 Å². The summed E-state index contributed by atoms with van der Waals surface area (Å²) in [6.07, 6.45) is 2.17. The quantitative estimate of drug-likeness (QED) is 0.502. The molecule has 4 rings (SSSR count). The zero-order valence-electron chi connectivity index (χ0n) is 18.1. The summed E-state index contributed by atoms with van der Waals surface area (Å²) in [5.41, 5.74) is 1.60. The summed E-state index contributed by atoms with van der Waals surface area (Å²) >= 11 is 0. The molecule has 0 radical (unpaired) electrons. The van der Waals surface area contributed by atoms with Gasteiger partial charge in [0.25, 0.3) is 12.3 Å². The number of anilines is 2. The molecule has 3 N–H and O–H groups in total. The van der Waals surface area contributed by atoms with Crippen molar-refractivity contribution in [3.63, 3.8) is 0 Å². The molecule has 0 saturated heterocycles. The second-order valence-corrected chi connectivity index (χ2v) is 7.94. The summed E-state index contributed by atoms with van der Waals surface area (Å²) in [6, 6.07) is 11.0. The predicted octanol–water partition coefficient (Wildman–Crippen LogP) is 4.48. The van der Waals surface area contributed by atoms with E-state index in [9.17, 15) is 13.6 Å². The summed E-state index contributed by atoms with van der Waals surface area (Å²) < 4.78 is 33.0. The second kappa shape index (κ2) is 9.42. The van der Waals surface area contributed by atoms with Crippen LogP contribution in [0.2, 0.25) is 0 Å². The topological polar surface area (TPSA) is 79.7 Å². The summed E-state index contributed by atoms with van der Waals surface area (Å²) in [5.74, 6) is 1.32. The highest BCUT2D eigenvalue weighted by atomic mass is 19.3. The zero-order valence-corrected chi connectivity index (χ0v) is 18.1. The number of nitrogens with one attached hydrogen (secondary N) is 3. The van der Waals surface area contributed by atoms with Crippen LogP contribution in [0.1, 0.15) is 48.2 Å². The number of hydrogen-bond acceptors (Lipinski definition) is 5. The van der Waals surface area contributed by atoms with Crippen LogP contribution < -0.4 is 20.7 Å². The van der Waals surface area contributed by atoms with Crippen LogP contribution in [-0.2, 0) is 0 Å². The van der Waals surface area contributed by atoms with Gasteiger partial charge in [0.2, 0.25) is 0 Å². The van der Waals surface area contributed by atoms with Crippen LogP contribution in [-0.4, -0.2) is 41.5 Å². The highest BCUT2D eigenvalue weighted by molar-refractivity contribution is 5.95. The Labute approximate surface area is 185 Å². The minimum absolute atomic E-state index is 0.0927. The summed E-state index contributed by atoms with van der Waals surface area (Å²) in [7, 11) is 3.37. The van der Waals surface area contributed by atoms with Crippen molar-refractivity contribution in [1.82, 2.24) is 14.7 Å². The smallest absolute Gasteiger partial charge is 0.281 e. The van der Waals surface area contributed by atoms with Crippen molar-refractivity contribution in [2.75, 3.05) is 24.8 Å². The predicted molar refractivity (Wildman–Crippen MR) is 120 cm³/mol. The fourth-order valence-corrected chi connectivity index (χ4v) is 4.16. The van der Waals surface area contributed by atoms with Gasteiger partial charge in [0.1, 0.15) is 22.9 Å². The Morgan fingerprint density at radius 1 is 1.16 bits per heavy atom. The average Bonchev–Trinajstić information content (AvgIpc) is 3.26. The number of halogens is 2. The van der Waals surface area contributed by atoms with Crippen LogP contribution in [0.4, 0.5) is 20.3 Å². The number of rotatable bonds is 7. The van der Waals surface area contributed by atoms with Crippen LogP contribution in [0, 0.1) is 0 Å². The number of imidazole rings is 1. The molecule has 1 amide bonds. The molecule has 0 aliphatic heterocycles. The van der Waals surface area contributed by atoms with E-state index in [1.165, 1.54) is 6.20 Å². The first-order valence-corrected chi connectivity index (χ1v) is 10.7. The van der Waals surface area contributed by atoms with Crippen molar-refractivity contribution in [2.24, 2.45) is 0 Å². The molecule has 1 saturated carbocycles. The van der Waals surface area contributed by atoms with Crippen molar-refractivity contribution < 1.29 is 18.3 Å². The molecule has 1 fully saturated rings. The molecule has 0 spiro atoms. The molecule has 170 valence electrons. The Kier molecular flexibility index (Phi) is 6.43. The molecule has 0 bridgehead atoms. The molecule has 7 nitrogen and oxygen atoms in total. The van der Waals surface area contributed by atoms with Crippen molar-refractivity contribution in [3.05, 3.63) is 53.9 Å². The number of pyridine rings is 1. The zero-order chi connectivity index (χ0) is 22.7. The maximum atomic E-state index is 13.0. The molecular formula is C23H27F2N5O2. The van der Waals surface area contributed by atoms with Crippen molar-refractivity contribution >= 4 is 23.1 Å². The first-order chi connectivity index (χ1) is 15.5. The van der Waals surface area contributed by atoms with Crippen LogP contribution in [0.25, 0.3) is 5.65 Å². The van der Waals surface area contributed by atoms with Crippen LogP contribution in [0.15, 0.2) is 42.6 Å². The number of benzene rings is 1. The van der Waals surface area contributed by atoms with Gasteiger partial charge in [-0.2, -0.15) is 0 Å². The number of carbonyl (C=O) groups is 1. The van der Waals surface area contributed by atoms with Gasteiger partial charge in [0.05, 0.1) is 12.8 Å². The number of amides is 1. The minimum atomic E-state index is -2.60. The Balaban J connectivity index is 1.35. The number of ether oxygens (including phenoxy) is 1. The second-order valence-electron chi connectivity index (χ2n) is 7.94. The Morgan fingerprint density at radius 3 is 2.59 bits per heavy atom. The van der Waals surface area contributed by atoms with E-state index in [-0.39, 0.29) is 23.7 Å². The maximum absolute atomic E-state index is 13.0. The molecule has 2 heterocycles. The van der Waals surface area contributed by atoms with Gasteiger partial charge < -0.3 is 20.7 Å². The molecule has 9 heteroatoms. The van der Waals surface area contributed by atoms with Gasteiger partial charge in [-0.1, -0.05) is 6.07 Å². The Morgan fingerprint density at radius 2 is 1.91 bits per heavy atom. The number of methoxy groups -OCH3 is 1. The van der Waals surface area contributed by atoms with Crippen molar-refractivity contribution in [2.45, 2.75) is 44.2 Å². The highest BCUT2D eigenvalue weighted by Crippen LogP contribution is 2.27. The largest absolute Gasteiger partial charge is 0.495 e. The number of hydrogen-bond donors (Lipinski definition) is 3. The number of nitrogens with zero attached hydrogens (tertiary/aromatic N) is 2. The molecular weight excluding hydrogens is 416 g/mol. The lowest BCUT2D eigenvalue weighted by molar-refractivity contribution is 0.0926. The third-order valence-electron chi connectivity index (χ3n) is 5.88. The van der Waals surface area contributed by atoms with E-state index in [1.807, 2.05) is 6.07 Å². The van der Waals surface area contributed by atoms with E-state index >= 15 is 0 Å². The summed E-state index contributed by atoms with van der Waals surface area (Å²) in [4.78, 5) is 16.7. The van der Waals surface area contributed by atoms with Gasteiger partial charge >= 0.3 is 0 Å². The van der Waals surface area contributed by atoms with E-state index in [0.29, 0.717) is 17.0 Å². The van der Waals surface area contributed by atoms with Gasteiger partial charge in [-0.25, -0.2) is 13.8 Å². The molecule has 32 heavy (non-hydrogen) atoms. The first kappa shape index (κ1) is 21.9. The van der Waals surface area contributed by atoms with Crippen LogP contribution in [0.5, 0.6) is 5.75 Å². The SMILES string of the molecule is CNc1cc(C(=O)N[C@H]2CC[C@@H](Nc3cccc4nc(C(F)F)cn34)CC2)ccc1OC. The third-order valence-corrected chi connectivity index (χ3v) is 5.88. The molecule has 0 unspecified atom stereocenters. The standard InChI is InChI=1S/C23H27F2N5O2/c1-26-17-12-14(6-11-19(17)32-2)23(31)28-16-9-7-15(8-10-16)27-20-4-3-5-21-29-18(22(24)25)13-30(20)21/h3-6,11-13,15-16,22,26-27H,7-10H2,1-2H3,(H,28,31)/t15-,16+. The van der Waals surface area contributed by atoms with Crippen LogP contribution >= 0.6 is 0 Å². The van der Waals surface area contributed by atoms with Gasteiger partial charge in [-0.05, 0) is 56.0 Å². The summed E-state index contributed by atoms with van der Waals surface area (Å²) in [6.45, 7) is 0. The van der Waals surface area contributed by atoms with E-state index in [2.05, 4.69) is 20.9 Å². The van der Waals surface area contributed by atoms with E-state index in [4.69, 9.17) is 4.74 Å². The number of fused-ring (bicyclic) bond motifs is 1. The Bertz CT molecular complexity index is 1090. The van der Waals surface area contributed by atoms with E-state index in [1.54, 1.807) is 48.9 Å². The van der Waals surface area contributed by atoms with Gasteiger partial charge in [-0.15, -0.1) is 0 Å². The number of alkyl halides is 2. The lowest BCUT2D eigenvalue weighted by atomic mass is 9.91. The van der Waals surface area contributed by atoms with Crippen molar-refractivity contribution in [1.29, 1.82) is 0 Å². The molecule has 1 aliphatic carbocycles. The molecule has 1 aliphatic rings. The van der Waals surface area contributed by atoms with Crippen molar-refractivity contribution in [3.8, 4) is 5.75 Å².